The molecule has 2 aromatic heterocycles. The van der Waals surface area contributed by atoms with Crippen LogP contribution in [0.4, 0.5) is 26.3 Å². The maximum absolute atomic E-state index is 13.6. The summed E-state index contributed by atoms with van der Waals surface area (Å²) in [5.74, 6) is 0.309. The number of aromatic amines is 1. The van der Waals surface area contributed by atoms with Crippen molar-refractivity contribution in [2.24, 2.45) is 0 Å². The molecule has 0 aliphatic carbocycles. The van der Waals surface area contributed by atoms with Gasteiger partial charge in [0.15, 0.2) is 0 Å². The molecule has 0 spiro atoms. The lowest BCUT2D eigenvalue weighted by molar-refractivity contribution is -0.138. The Bertz CT molecular complexity index is 1500. The van der Waals surface area contributed by atoms with E-state index >= 15 is 0 Å². The Morgan fingerprint density at radius 2 is 1.39 bits per heavy atom. The van der Waals surface area contributed by atoms with Crippen molar-refractivity contribution in [1.82, 2.24) is 15.0 Å². The summed E-state index contributed by atoms with van der Waals surface area (Å²) in [5, 5.41) is 1.10. The van der Waals surface area contributed by atoms with Gasteiger partial charge in [0.2, 0.25) is 0 Å². The number of aromatic nitrogens is 3. The van der Waals surface area contributed by atoms with Crippen molar-refractivity contribution in [2.45, 2.75) is 12.4 Å². The summed E-state index contributed by atoms with van der Waals surface area (Å²) in [6.07, 6.45) is -7.78. The minimum absolute atomic E-state index is 0.202. The Balaban J connectivity index is 1.71. The number of H-pyrrole nitrogens is 1. The van der Waals surface area contributed by atoms with Crippen LogP contribution in [0.1, 0.15) is 11.1 Å². The predicted molar refractivity (Wildman–Crippen MR) is 112 cm³/mol. The molecular weight excluding hydrogens is 444 g/mol. The largest absolute Gasteiger partial charge is 0.418 e. The van der Waals surface area contributed by atoms with Gasteiger partial charge in [0.1, 0.15) is 5.82 Å². The molecule has 0 aliphatic heterocycles. The molecule has 2 heterocycles. The molecule has 5 aromatic rings. The Labute approximate surface area is 182 Å². The Hall–Kier alpha value is -3.88. The third-order valence-electron chi connectivity index (χ3n) is 5.36. The molecule has 0 amide bonds. The molecular formula is C24H13F6N3. The highest BCUT2D eigenvalue weighted by molar-refractivity contribution is 6.04. The van der Waals surface area contributed by atoms with Gasteiger partial charge in [0, 0.05) is 17.3 Å². The number of halogens is 6. The van der Waals surface area contributed by atoms with E-state index in [1.54, 1.807) is 30.3 Å². The quantitative estimate of drug-likeness (QED) is 0.279. The smallest absolute Gasteiger partial charge is 0.338 e. The van der Waals surface area contributed by atoms with E-state index in [1.165, 1.54) is 24.4 Å². The molecule has 3 aromatic carbocycles. The summed E-state index contributed by atoms with van der Waals surface area (Å²) in [6.45, 7) is 0. The van der Waals surface area contributed by atoms with Crippen LogP contribution in [-0.4, -0.2) is 15.0 Å². The van der Waals surface area contributed by atoms with Crippen molar-refractivity contribution in [2.75, 3.05) is 0 Å². The fourth-order valence-electron chi connectivity index (χ4n) is 3.87. The Morgan fingerprint density at radius 1 is 0.697 bits per heavy atom. The molecule has 0 aliphatic rings. The number of nitrogens with one attached hydrogen (secondary N) is 1. The minimum Gasteiger partial charge on any atom is -0.338 e. The second-order valence-corrected chi connectivity index (χ2v) is 7.42. The van der Waals surface area contributed by atoms with Crippen LogP contribution >= 0.6 is 0 Å². The van der Waals surface area contributed by atoms with Gasteiger partial charge in [-0.2, -0.15) is 26.3 Å². The molecule has 166 valence electrons. The average molecular weight is 457 g/mol. The van der Waals surface area contributed by atoms with Gasteiger partial charge in [0.25, 0.3) is 0 Å². The molecule has 0 bridgehead atoms. The van der Waals surface area contributed by atoms with E-state index in [4.69, 9.17) is 0 Å². The summed E-state index contributed by atoms with van der Waals surface area (Å²) < 4.78 is 79.9. The number of nitrogens with zero attached hydrogens (tertiary/aromatic N) is 2. The molecule has 9 heteroatoms. The number of benzene rings is 3. The fraction of sp³-hybridized carbons (Fsp3) is 0.0833. The highest BCUT2D eigenvalue weighted by Gasteiger charge is 2.35. The van der Waals surface area contributed by atoms with E-state index in [2.05, 4.69) is 15.0 Å². The molecule has 0 radical (unpaired) electrons. The number of hydrogen-bond donors (Lipinski definition) is 1. The SMILES string of the molecule is FC(F)(F)c1ccc2nc(-c3ccc(-c4ncccc4C(F)(F)F)c4ccccc34)[nH]c2c1. The minimum atomic E-state index is -4.59. The van der Waals surface area contributed by atoms with Crippen LogP contribution in [0.25, 0.3) is 44.5 Å². The molecule has 0 unspecified atom stereocenters. The van der Waals surface area contributed by atoms with Gasteiger partial charge >= 0.3 is 12.4 Å². The third-order valence-corrected chi connectivity index (χ3v) is 5.36. The summed E-state index contributed by atoms with van der Waals surface area (Å²) in [5.41, 5.74) is -0.479. The number of fused-ring (bicyclic) bond motifs is 2. The van der Waals surface area contributed by atoms with Crippen LogP contribution in [0.15, 0.2) is 72.9 Å². The standard InChI is InChI=1S/C24H13F6N3/c25-23(26,27)13-7-10-19-20(12-13)33-22(32-19)17-9-8-16(14-4-1-2-5-15(14)17)21-18(24(28,29)30)6-3-11-31-21/h1-12H,(H,32,33). The molecule has 0 saturated carbocycles. The van der Waals surface area contributed by atoms with Gasteiger partial charge in [0.05, 0.1) is 27.9 Å². The molecule has 33 heavy (non-hydrogen) atoms. The van der Waals surface area contributed by atoms with Gasteiger partial charge < -0.3 is 4.98 Å². The lowest BCUT2D eigenvalue weighted by atomic mass is 9.95. The van der Waals surface area contributed by atoms with Gasteiger partial charge in [-0.15, -0.1) is 0 Å². The maximum Gasteiger partial charge on any atom is 0.418 e. The molecule has 3 nitrogen and oxygen atoms in total. The number of pyridine rings is 1. The van der Waals surface area contributed by atoms with Crippen molar-refractivity contribution < 1.29 is 26.3 Å². The van der Waals surface area contributed by atoms with Crippen LogP contribution in [0.2, 0.25) is 0 Å². The third kappa shape index (κ3) is 3.69. The normalized spacial score (nSPS) is 12.5. The Kier molecular flexibility index (Phi) is 4.66. The van der Waals surface area contributed by atoms with Crippen molar-refractivity contribution in [3.8, 4) is 22.6 Å². The number of rotatable bonds is 2. The van der Waals surface area contributed by atoms with Crippen LogP contribution in [0, 0.1) is 0 Å². The lowest BCUT2D eigenvalue weighted by Crippen LogP contribution is -2.08. The zero-order valence-electron chi connectivity index (χ0n) is 16.6. The summed E-state index contributed by atoms with van der Waals surface area (Å²) in [4.78, 5) is 11.3. The van der Waals surface area contributed by atoms with Crippen LogP contribution < -0.4 is 0 Å². The van der Waals surface area contributed by atoms with Crippen molar-refractivity contribution in [3.63, 3.8) is 0 Å². The molecule has 1 N–H and O–H groups in total. The van der Waals surface area contributed by atoms with E-state index in [1.807, 2.05) is 0 Å². The van der Waals surface area contributed by atoms with E-state index in [0.717, 1.165) is 18.2 Å². The summed E-state index contributed by atoms with van der Waals surface area (Å²) in [7, 11) is 0. The van der Waals surface area contributed by atoms with Crippen LogP contribution in [0.5, 0.6) is 0 Å². The molecule has 5 rings (SSSR count). The first kappa shape index (κ1) is 21.0. The van der Waals surface area contributed by atoms with Gasteiger partial charge in [-0.1, -0.05) is 30.3 Å². The molecule has 0 atom stereocenters. The van der Waals surface area contributed by atoms with Gasteiger partial charge in [-0.05, 0) is 47.2 Å². The first-order valence-corrected chi connectivity index (χ1v) is 9.74. The average Bonchev–Trinajstić information content (AvgIpc) is 3.20. The van der Waals surface area contributed by atoms with E-state index in [0.29, 0.717) is 27.7 Å². The van der Waals surface area contributed by atoms with Crippen molar-refractivity contribution in [3.05, 3.63) is 84.1 Å². The topological polar surface area (TPSA) is 41.6 Å². The van der Waals surface area contributed by atoms with E-state index in [9.17, 15) is 26.3 Å². The zero-order valence-corrected chi connectivity index (χ0v) is 16.6. The van der Waals surface area contributed by atoms with E-state index in [-0.39, 0.29) is 16.8 Å². The second kappa shape index (κ2) is 7.33. The van der Waals surface area contributed by atoms with Crippen molar-refractivity contribution >= 4 is 21.8 Å². The highest BCUT2D eigenvalue weighted by Crippen LogP contribution is 2.40. The maximum atomic E-state index is 13.6. The van der Waals surface area contributed by atoms with Gasteiger partial charge in [-0.3, -0.25) is 4.98 Å². The lowest BCUT2D eigenvalue weighted by Gasteiger charge is -2.14. The number of alkyl halides is 6. The predicted octanol–water partition coefficient (Wildman–Crippen LogP) is 7.48. The van der Waals surface area contributed by atoms with Crippen LogP contribution in [-0.2, 0) is 12.4 Å². The highest BCUT2D eigenvalue weighted by atomic mass is 19.4. The molecule has 0 fully saturated rings. The molecule has 0 saturated heterocycles. The van der Waals surface area contributed by atoms with Crippen molar-refractivity contribution in [1.29, 1.82) is 0 Å². The summed E-state index contributed by atoms with van der Waals surface area (Å²) in [6, 6.07) is 15.3. The number of imidazole rings is 1. The number of hydrogen-bond acceptors (Lipinski definition) is 2. The first-order valence-electron chi connectivity index (χ1n) is 9.74. The van der Waals surface area contributed by atoms with Crippen LogP contribution in [0.3, 0.4) is 0 Å². The Morgan fingerprint density at radius 3 is 2.09 bits per heavy atom. The fourth-order valence-corrected chi connectivity index (χ4v) is 3.87. The second-order valence-electron chi connectivity index (χ2n) is 7.42. The first-order chi connectivity index (χ1) is 15.6. The zero-order chi connectivity index (χ0) is 23.4. The van der Waals surface area contributed by atoms with Gasteiger partial charge in [-0.25, -0.2) is 4.98 Å². The van der Waals surface area contributed by atoms with E-state index < -0.39 is 23.5 Å². The summed E-state index contributed by atoms with van der Waals surface area (Å²) >= 11 is 0. The monoisotopic (exact) mass is 457 g/mol.